The zero-order chi connectivity index (χ0) is 31.4. The Kier molecular flexibility index (Phi) is 38.9. The number of carboxylic acids is 1. The zero-order valence-corrected chi connectivity index (χ0v) is 29.0. The molecule has 0 aliphatic rings. The highest BCUT2D eigenvalue weighted by Gasteiger charge is 2.11. The fourth-order valence-electron chi connectivity index (χ4n) is 5.78. The lowest BCUT2D eigenvalue weighted by molar-refractivity contribution is -0.137. The number of hydrogen-bond donors (Lipinski definition) is 2. The summed E-state index contributed by atoms with van der Waals surface area (Å²) < 4.78 is 0. The second-order valence-electron chi connectivity index (χ2n) is 13.0. The highest BCUT2D eigenvalue weighted by Crippen LogP contribution is 2.17. The number of primary amides is 1. The van der Waals surface area contributed by atoms with Crippen LogP contribution < -0.4 is 5.73 Å². The van der Waals surface area contributed by atoms with Crippen molar-refractivity contribution in [3.63, 3.8) is 0 Å². The lowest BCUT2D eigenvalue weighted by Crippen LogP contribution is -2.22. The smallest absolute Gasteiger partial charge is 0.303 e. The van der Waals surface area contributed by atoms with Gasteiger partial charge in [0.1, 0.15) is 0 Å². The largest absolute Gasteiger partial charge is 0.481 e. The third-order valence-corrected chi connectivity index (χ3v) is 8.80. The van der Waals surface area contributed by atoms with Crippen molar-refractivity contribution in [1.29, 1.82) is 0 Å². The molecular formula is C38H77NO3. The van der Waals surface area contributed by atoms with E-state index >= 15 is 0 Å². The standard InChI is InChI=1S/C20H41NO.C18H36O2/c1-3-5-6-7-8-9-10-11-12-13-14-15-16-17-18-19(4-2)20(21)22;1-2-3-4-5-6-7-8-9-10-11-12-13-14-15-16-17-18(19)20/h19H,3-18H2,1-2H3,(H2,21,22);2-17H2,1H3,(H,19,20). The maximum atomic E-state index is 11.1. The topological polar surface area (TPSA) is 80.4 Å². The fraction of sp³-hybridized carbons (Fsp3) is 0.947. The summed E-state index contributed by atoms with van der Waals surface area (Å²) in [6.45, 7) is 6.60. The first kappa shape index (κ1) is 43.1. The minimum atomic E-state index is -0.653. The van der Waals surface area contributed by atoms with Crippen LogP contribution in [0.1, 0.15) is 226 Å². The van der Waals surface area contributed by atoms with Gasteiger partial charge in [0.15, 0.2) is 0 Å². The average Bonchev–Trinajstić information content (AvgIpc) is 2.97. The maximum Gasteiger partial charge on any atom is 0.303 e. The summed E-state index contributed by atoms with van der Waals surface area (Å²) in [4.78, 5) is 21.5. The molecule has 0 saturated carbocycles. The predicted octanol–water partition coefficient (Wildman–Crippen LogP) is 12.7. The summed E-state index contributed by atoms with van der Waals surface area (Å²) in [6.07, 6.45) is 41.4. The highest BCUT2D eigenvalue weighted by molar-refractivity contribution is 5.76. The Morgan fingerprint density at radius 2 is 0.714 bits per heavy atom. The molecule has 1 unspecified atom stereocenters. The second-order valence-corrected chi connectivity index (χ2v) is 13.0. The van der Waals surface area contributed by atoms with Gasteiger partial charge in [-0.25, -0.2) is 0 Å². The van der Waals surface area contributed by atoms with Crippen molar-refractivity contribution in [1.82, 2.24) is 0 Å². The summed E-state index contributed by atoms with van der Waals surface area (Å²) in [6, 6.07) is 0. The fourth-order valence-corrected chi connectivity index (χ4v) is 5.78. The Balaban J connectivity index is 0. The van der Waals surface area contributed by atoms with E-state index in [1.807, 2.05) is 0 Å². The van der Waals surface area contributed by atoms with Crippen molar-refractivity contribution in [3.05, 3.63) is 0 Å². The summed E-state index contributed by atoms with van der Waals surface area (Å²) in [5, 5.41) is 8.52. The molecular weight excluding hydrogens is 518 g/mol. The van der Waals surface area contributed by atoms with Gasteiger partial charge in [-0.15, -0.1) is 0 Å². The molecule has 0 aliphatic heterocycles. The van der Waals surface area contributed by atoms with Gasteiger partial charge < -0.3 is 10.8 Å². The Morgan fingerprint density at radius 3 is 0.952 bits per heavy atom. The van der Waals surface area contributed by atoms with Gasteiger partial charge in [0.25, 0.3) is 0 Å². The average molecular weight is 596 g/mol. The van der Waals surface area contributed by atoms with Crippen molar-refractivity contribution >= 4 is 11.9 Å². The number of aliphatic carboxylic acids is 1. The van der Waals surface area contributed by atoms with Crippen LogP contribution >= 0.6 is 0 Å². The lowest BCUT2D eigenvalue weighted by atomic mass is 9.97. The Labute approximate surface area is 264 Å². The molecule has 0 aromatic rings. The van der Waals surface area contributed by atoms with E-state index < -0.39 is 5.97 Å². The van der Waals surface area contributed by atoms with E-state index in [1.165, 1.54) is 173 Å². The molecule has 4 nitrogen and oxygen atoms in total. The van der Waals surface area contributed by atoms with Crippen LogP contribution in [0.4, 0.5) is 0 Å². The molecule has 0 heterocycles. The molecule has 1 atom stereocenters. The molecule has 42 heavy (non-hydrogen) atoms. The zero-order valence-electron chi connectivity index (χ0n) is 29.0. The highest BCUT2D eigenvalue weighted by atomic mass is 16.4. The molecule has 0 aromatic carbocycles. The molecule has 0 aromatic heterocycles. The van der Waals surface area contributed by atoms with Crippen molar-refractivity contribution < 1.29 is 14.7 Å². The Morgan fingerprint density at radius 1 is 0.452 bits per heavy atom. The summed E-state index contributed by atoms with van der Waals surface area (Å²) in [5.41, 5.74) is 5.36. The molecule has 0 saturated heterocycles. The molecule has 0 spiro atoms. The first-order chi connectivity index (χ1) is 20.5. The summed E-state index contributed by atoms with van der Waals surface area (Å²) in [5.74, 6) is -0.658. The molecule has 1 amide bonds. The van der Waals surface area contributed by atoms with Crippen LogP contribution in [0.5, 0.6) is 0 Å². The van der Waals surface area contributed by atoms with Gasteiger partial charge in [0.05, 0.1) is 0 Å². The van der Waals surface area contributed by atoms with E-state index in [0.717, 1.165) is 25.7 Å². The van der Waals surface area contributed by atoms with E-state index in [4.69, 9.17) is 10.8 Å². The van der Waals surface area contributed by atoms with Crippen LogP contribution in [-0.2, 0) is 9.59 Å². The van der Waals surface area contributed by atoms with Crippen LogP contribution in [-0.4, -0.2) is 17.0 Å². The van der Waals surface area contributed by atoms with Gasteiger partial charge in [-0.1, -0.05) is 201 Å². The van der Waals surface area contributed by atoms with Crippen LogP contribution in [0, 0.1) is 5.92 Å². The summed E-state index contributed by atoms with van der Waals surface area (Å²) in [7, 11) is 0. The normalized spacial score (nSPS) is 11.7. The minimum absolute atomic E-state index is 0.109. The van der Waals surface area contributed by atoms with E-state index in [9.17, 15) is 9.59 Å². The third kappa shape index (κ3) is 38.9. The number of hydrogen-bond acceptors (Lipinski definition) is 2. The van der Waals surface area contributed by atoms with Gasteiger partial charge in [-0.3, -0.25) is 9.59 Å². The minimum Gasteiger partial charge on any atom is -0.481 e. The van der Waals surface area contributed by atoms with E-state index in [-0.39, 0.29) is 11.8 Å². The maximum absolute atomic E-state index is 11.1. The van der Waals surface area contributed by atoms with Crippen LogP contribution in [0.3, 0.4) is 0 Å². The SMILES string of the molecule is CCCCCCCCCCCCCCCCC(CC)C(N)=O.CCCCCCCCCCCCCCCCCC(=O)O. The lowest BCUT2D eigenvalue weighted by Gasteiger charge is -2.09. The molecule has 0 rings (SSSR count). The number of carboxylic acid groups (broad SMARTS) is 1. The van der Waals surface area contributed by atoms with E-state index in [1.54, 1.807) is 0 Å². The molecule has 0 fully saturated rings. The Bertz CT molecular complexity index is 536. The first-order valence-corrected chi connectivity index (χ1v) is 19.0. The van der Waals surface area contributed by atoms with Gasteiger partial charge in [0.2, 0.25) is 5.91 Å². The van der Waals surface area contributed by atoms with Gasteiger partial charge in [0, 0.05) is 12.3 Å². The summed E-state index contributed by atoms with van der Waals surface area (Å²) >= 11 is 0. The van der Waals surface area contributed by atoms with Crippen molar-refractivity contribution in [2.24, 2.45) is 11.7 Å². The third-order valence-electron chi connectivity index (χ3n) is 8.80. The number of rotatable bonds is 33. The number of amides is 1. The molecule has 0 bridgehead atoms. The van der Waals surface area contributed by atoms with Crippen molar-refractivity contribution in [2.45, 2.75) is 226 Å². The van der Waals surface area contributed by atoms with E-state index in [0.29, 0.717) is 6.42 Å². The van der Waals surface area contributed by atoms with Crippen LogP contribution in [0.25, 0.3) is 0 Å². The molecule has 0 radical (unpaired) electrons. The van der Waals surface area contributed by atoms with Crippen molar-refractivity contribution in [3.8, 4) is 0 Å². The molecule has 3 N–H and O–H groups in total. The molecule has 4 heteroatoms. The van der Waals surface area contributed by atoms with Crippen LogP contribution in [0.2, 0.25) is 0 Å². The quantitative estimate of drug-likeness (QED) is 0.0740. The predicted molar refractivity (Wildman–Crippen MR) is 185 cm³/mol. The first-order valence-electron chi connectivity index (χ1n) is 19.0. The van der Waals surface area contributed by atoms with Gasteiger partial charge >= 0.3 is 5.97 Å². The van der Waals surface area contributed by atoms with Gasteiger partial charge in [-0.05, 0) is 19.3 Å². The number of carbonyl (C=O) groups is 2. The van der Waals surface area contributed by atoms with E-state index in [2.05, 4.69) is 20.8 Å². The van der Waals surface area contributed by atoms with Gasteiger partial charge in [-0.2, -0.15) is 0 Å². The number of unbranched alkanes of at least 4 members (excludes halogenated alkanes) is 27. The number of nitrogens with two attached hydrogens (primary N) is 1. The molecule has 252 valence electrons. The Hall–Kier alpha value is -1.06. The second kappa shape index (κ2) is 38.0. The molecule has 0 aliphatic carbocycles. The van der Waals surface area contributed by atoms with Crippen molar-refractivity contribution in [2.75, 3.05) is 0 Å². The monoisotopic (exact) mass is 596 g/mol. The number of carbonyl (C=O) groups excluding carboxylic acids is 1. The van der Waals surface area contributed by atoms with Crippen LogP contribution in [0.15, 0.2) is 0 Å².